The standard InChI is InChI=1S/C14H27N3O4/c1-4-17(5-2)8-6-7-15-13(20)16-11-9-21-10-14(11,3)12(18)19/h11H,4-10H2,1-3H3,(H,18,19)(H2,15,16,20). The number of aliphatic carboxylic acids is 1. The Kier molecular flexibility index (Phi) is 6.91. The molecule has 122 valence electrons. The SMILES string of the molecule is CCN(CC)CCCNC(=O)NC1COCC1(C)C(=O)O. The van der Waals surface area contributed by atoms with Gasteiger partial charge in [0.25, 0.3) is 0 Å². The minimum atomic E-state index is -1.06. The van der Waals surface area contributed by atoms with Gasteiger partial charge in [0.05, 0.1) is 19.3 Å². The van der Waals surface area contributed by atoms with Crippen LogP contribution in [0.4, 0.5) is 4.79 Å². The molecule has 1 rings (SSSR count). The molecule has 7 heteroatoms. The average Bonchev–Trinajstić information content (AvgIpc) is 2.82. The Balaban J connectivity index is 2.29. The maximum absolute atomic E-state index is 11.8. The Labute approximate surface area is 126 Å². The molecule has 0 aliphatic carbocycles. The number of carboxylic acid groups (broad SMARTS) is 1. The van der Waals surface area contributed by atoms with E-state index in [1.165, 1.54) is 0 Å². The van der Waals surface area contributed by atoms with Gasteiger partial charge in [-0.15, -0.1) is 0 Å². The summed E-state index contributed by atoms with van der Waals surface area (Å²) in [6.45, 7) is 9.66. The van der Waals surface area contributed by atoms with E-state index in [2.05, 4.69) is 29.4 Å². The first-order valence-electron chi connectivity index (χ1n) is 7.51. The van der Waals surface area contributed by atoms with Crippen molar-refractivity contribution >= 4 is 12.0 Å². The highest BCUT2D eigenvalue weighted by Crippen LogP contribution is 2.28. The van der Waals surface area contributed by atoms with Crippen LogP contribution in [0.25, 0.3) is 0 Å². The number of carboxylic acids is 1. The molecule has 21 heavy (non-hydrogen) atoms. The first-order chi connectivity index (χ1) is 9.93. The summed E-state index contributed by atoms with van der Waals surface area (Å²) < 4.78 is 5.19. The summed E-state index contributed by atoms with van der Waals surface area (Å²) in [5, 5.41) is 14.7. The number of rotatable bonds is 8. The van der Waals surface area contributed by atoms with E-state index < -0.39 is 17.4 Å². The highest BCUT2D eigenvalue weighted by molar-refractivity contribution is 5.79. The molecule has 1 aliphatic heterocycles. The van der Waals surface area contributed by atoms with E-state index in [4.69, 9.17) is 4.74 Å². The molecule has 7 nitrogen and oxygen atoms in total. The second-order valence-corrected chi connectivity index (χ2v) is 5.57. The van der Waals surface area contributed by atoms with Crippen molar-refractivity contribution in [3.05, 3.63) is 0 Å². The molecule has 0 aromatic heterocycles. The van der Waals surface area contributed by atoms with Crippen LogP contribution in [0.1, 0.15) is 27.2 Å². The first kappa shape index (κ1) is 17.7. The topological polar surface area (TPSA) is 90.9 Å². The lowest BCUT2D eigenvalue weighted by Crippen LogP contribution is -2.52. The van der Waals surface area contributed by atoms with Crippen molar-refractivity contribution in [1.82, 2.24) is 15.5 Å². The normalized spacial score (nSPS) is 25.0. The summed E-state index contributed by atoms with van der Waals surface area (Å²) in [5.74, 6) is -0.952. The monoisotopic (exact) mass is 301 g/mol. The van der Waals surface area contributed by atoms with E-state index in [1.54, 1.807) is 6.92 Å². The Morgan fingerprint density at radius 3 is 2.62 bits per heavy atom. The van der Waals surface area contributed by atoms with Gasteiger partial charge in [-0.25, -0.2) is 4.79 Å². The zero-order valence-electron chi connectivity index (χ0n) is 13.1. The van der Waals surface area contributed by atoms with Crippen LogP contribution in [-0.4, -0.2) is 67.4 Å². The third kappa shape index (κ3) is 4.86. The molecule has 1 heterocycles. The fourth-order valence-electron chi connectivity index (χ4n) is 2.34. The molecule has 0 radical (unpaired) electrons. The van der Waals surface area contributed by atoms with Crippen molar-refractivity contribution in [1.29, 1.82) is 0 Å². The second-order valence-electron chi connectivity index (χ2n) is 5.57. The second kappa shape index (κ2) is 8.19. The Morgan fingerprint density at radius 2 is 2.05 bits per heavy atom. The molecule has 1 aliphatic rings. The number of ether oxygens (including phenoxy) is 1. The summed E-state index contributed by atoms with van der Waals surface area (Å²) in [6.07, 6.45) is 0.868. The number of urea groups is 1. The van der Waals surface area contributed by atoms with E-state index in [-0.39, 0.29) is 19.2 Å². The predicted octanol–water partition coefficient (Wildman–Crippen LogP) is 0.507. The van der Waals surface area contributed by atoms with Gasteiger partial charge < -0.3 is 25.4 Å². The van der Waals surface area contributed by atoms with E-state index in [9.17, 15) is 14.7 Å². The highest BCUT2D eigenvalue weighted by Gasteiger charge is 2.47. The summed E-state index contributed by atoms with van der Waals surface area (Å²) >= 11 is 0. The molecule has 2 unspecified atom stereocenters. The molecule has 2 atom stereocenters. The van der Waals surface area contributed by atoms with Crippen molar-refractivity contribution < 1.29 is 19.4 Å². The third-order valence-corrected chi connectivity index (χ3v) is 4.08. The van der Waals surface area contributed by atoms with Crippen LogP contribution in [-0.2, 0) is 9.53 Å². The van der Waals surface area contributed by atoms with Crippen LogP contribution in [0.15, 0.2) is 0 Å². The lowest BCUT2D eigenvalue weighted by Gasteiger charge is -2.25. The quantitative estimate of drug-likeness (QED) is 0.568. The Hall–Kier alpha value is -1.34. The summed E-state index contributed by atoms with van der Waals surface area (Å²) in [6, 6.07) is -0.838. The van der Waals surface area contributed by atoms with Crippen LogP contribution in [0.5, 0.6) is 0 Å². The van der Waals surface area contributed by atoms with Gasteiger partial charge in [0.15, 0.2) is 0 Å². The van der Waals surface area contributed by atoms with E-state index in [0.29, 0.717) is 6.54 Å². The minimum absolute atomic E-state index is 0.120. The van der Waals surface area contributed by atoms with Crippen LogP contribution in [0, 0.1) is 5.41 Å². The molecular weight excluding hydrogens is 274 g/mol. The van der Waals surface area contributed by atoms with Gasteiger partial charge in [-0.3, -0.25) is 4.79 Å². The van der Waals surface area contributed by atoms with E-state index >= 15 is 0 Å². The molecule has 0 spiro atoms. The lowest BCUT2D eigenvalue weighted by atomic mass is 9.85. The minimum Gasteiger partial charge on any atom is -0.481 e. The van der Waals surface area contributed by atoms with Gasteiger partial charge in [-0.1, -0.05) is 13.8 Å². The lowest BCUT2D eigenvalue weighted by molar-refractivity contribution is -0.148. The van der Waals surface area contributed by atoms with E-state index in [1.807, 2.05) is 0 Å². The summed E-state index contributed by atoms with van der Waals surface area (Å²) in [7, 11) is 0. The van der Waals surface area contributed by atoms with Crippen LogP contribution < -0.4 is 10.6 Å². The number of nitrogens with one attached hydrogen (secondary N) is 2. The summed E-state index contributed by atoms with van der Waals surface area (Å²) in [4.78, 5) is 25.4. The number of hydrogen-bond donors (Lipinski definition) is 3. The van der Waals surface area contributed by atoms with Crippen LogP contribution in [0.3, 0.4) is 0 Å². The molecule has 0 aromatic rings. The van der Waals surface area contributed by atoms with Crippen molar-refractivity contribution in [2.24, 2.45) is 5.41 Å². The first-order valence-corrected chi connectivity index (χ1v) is 7.51. The fourth-order valence-corrected chi connectivity index (χ4v) is 2.34. The van der Waals surface area contributed by atoms with Crippen molar-refractivity contribution in [2.75, 3.05) is 39.4 Å². The van der Waals surface area contributed by atoms with Gasteiger partial charge in [-0.05, 0) is 33.0 Å². The number of amides is 2. The zero-order valence-corrected chi connectivity index (χ0v) is 13.1. The number of nitrogens with zero attached hydrogens (tertiary/aromatic N) is 1. The average molecular weight is 301 g/mol. The molecule has 0 bridgehead atoms. The maximum Gasteiger partial charge on any atom is 0.315 e. The molecular formula is C14H27N3O4. The fraction of sp³-hybridized carbons (Fsp3) is 0.857. The largest absolute Gasteiger partial charge is 0.481 e. The number of carbonyl (C=O) groups excluding carboxylic acids is 1. The van der Waals surface area contributed by atoms with E-state index in [0.717, 1.165) is 26.1 Å². The molecule has 1 saturated heterocycles. The Bertz CT molecular complexity index is 360. The molecule has 0 saturated carbocycles. The number of carbonyl (C=O) groups is 2. The molecule has 3 N–H and O–H groups in total. The molecule has 0 aromatic carbocycles. The van der Waals surface area contributed by atoms with Crippen LogP contribution >= 0.6 is 0 Å². The van der Waals surface area contributed by atoms with Gasteiger partial charge in [0, 0.05) is 6.54 Å². The third-order valence-electron chi connectivity index (χ3n) is 4.08. The Morgan fingerprint density at radius 1 is 1.38 bits per heavy atom. The van der Waals surface area contributed by atoms with Gasteiger partial charge in [0.2, 0.25) is 0 Å². The van der Waals surface area contributed by atoms with Gasteiger partial charge >= 0.3 is 12.0 Å². The highest BCUT2D eigenvalue weighted by atomic mass is 16.5. The zero-order chi connectivity index (χ0) is 15.9. The smallest absolute Gasteiger partial charge is 0.315 e. The van der Waals surface area contributed by atoms with Crippen molar-refractivity contribution in [3.63, 3.8) is 0 Å². The predicted molar refractivity (Wildman–Crippen MR) is 79.3 cm³/mol. The number of hydrogen-bond acceptors (Lipinski definition) is 4. The van der Waals surface area contributed by atoms with Crippen LogP contribution in [0.2, 0.25) is 0 Å². The van der Waals surface area contributed by atoms with Crippen molar-refractivity contribution in [2.45, 2.75) is 33.2 Å². The van der Waals surface area contributed by atoms with Crippen molar-refractivity contribution in [3.8, 4) is 0 Å². The molecule has 1 fully saturated rings. The molecule has 2 amide bonds. The van der Waals surface area contributed by atoms with Gasteiger partial charge in [0.1, 0.15) is 5.41 Å². The maximum atomic E-state index is 11.8. The summed E-state index contributed by atoms with van der Waals surface area (Å²) in [5.41, 5.74) is -1.06. The van der Waals surface area contributed by atoms with Gasteiger partial charge in [-0.2, -0.15) is 0 Å².